The number of hydrogen-bond donors (Lipinski definition) is 2. The number of hydrogen-bond acceptors (Lipinski definition) is 2. The summed E-state index contributed by atoms with van der Waals surface area (Å²) in [6.45, 7) is 9.89. The maximum atomic E-state index is 12.4. The number of nitrogens with one attached hydrogen (secondary N) is 1. The fourth-order valence-electron chi connectivity index (χ4n) is 2.82. The summed E-state index contributed by atoms with van der Waals surface area (Å²) in [7, 11) is 0. The highest BCUT2D eigenvalue weighted by Crippen LogP contribution is 2.30. The Morgan fingerprint density at radius 1 is 1.09 bits per heavy atom. The first-order chi connectivity index (χ1) is 10.9. The maximum Gasteiger partial charge on any atom is 0.227 e. The van der Waals surface area contributed by atoms with Crippen molar-refractivity contribution in [3.8, 4) is 5.75 Å². The van der Waals surface area contributed by atoms with Gasteiger partial charge in [0.15, 0.2) is 0 Å². The van der Waals surface area contributed by atoms with Crippen LogP contribution in [0.15, 0.2) is 6.07 Å². The number of phenolic OH excluding ortho intramolecular Hbond substituents is 1. The number of anilines is 1. The summed E-state index contributed by atoms with van der Waals surface area (Å²) >= 11 is 0. The van der Waals surface area contributed by atoms with Crippen LogP contribution in [0.2, 0.25) is 0 Å². The molecule has 1 aromatic carbocycles. The van der Waals surface area contributed by atoms with E-state index in [0.29, 0.717) is 5.75 Å². The molecule has 1 aromatic rings. The van der Waals surface area contributed by atoms with Gasteiger partial charge in [-0.05, 0) is 49.9 Å². The maximum absolute atomic E-state index is 12.4. The van der Waals surface area contributed by atoms with E-state index in [0.717, 1.165) is 35.2 Å². The Labute approximate surface area is 141 Å². The first-order valence-corrected chi connectivity index (χ1v) is 8.99. The second-order valence-corrected chi connectivity index (χ2v) is 6.79. The lowest BCUT2D eigenvalue weighted by Gasteiger charge is -2.16. The van der Waals surface area contributed by atoms with Crippen molar-refractivity contribution in [2.75, 3.05) is 5.32 Å². The number of aryl methyl sites for hydroxylation is 1. The Hall–Kier alpha value is -1.51. The average Bonchev–Trinajstić information content (AvgIpc) is 2.53. The first-order valence-electron chi connectivity index (χ1n) is 8.99. The number of unbranched alkanes of at least 4 members (excludes halogenated alkanes) is 5. The third-order valence-electron chi connectivity index (χ3n) is 4.75. The van der Waals surface area contributed by atoms with E-state index in [4.69, 9.17) is 0 Å². The first kappa shape index (κ1) is 19.5. The molecule has 1 amide bonds. The van der Waals surface area contributed by atoms with Crippen molar-refractivity contribution in [2.45, 2.75) is 79.6 Å². The van der Waals surface area contributed by atoms with Crippen LogP contribution < -0.4 is 5.32 Å². The van der Waals surface area contributed by atoms with E-state index in [-0.39, 0.29) is 11.8 Å². The molecule has 0 bridgehead atoms. The zero-order valence-electron chi connectivity index (χ0n) is 15.5. The number of aromatic hydroxyl groups is 1. The molecule has 0 aromatic heterocycles. The predicted molar refractivity (Wildman–Crippen MR) is 98.1 cm³/mol. The molecule has 1 unspecified atom stereocenters. The molecule has 0 aliphatic heterocycles. The average molecular weight is 319 g/mol. The van der Waals surface area contributed by atoms with Gasteiger partial charge in [-0.25, -0.2) is 0 Å². The summed E-state index contributed by atoms with van der Waals surface area (Å²) in [5.41, 5.74) is 3.39. The number of rotatable bonds is 9. The largest absolute Gasteiger partial charge is 0.507 e. The van der Waals surface area contributed by atoms with Crippen LogP contribution in [-0.2, 0) is 4.79 Å². The number of amides is 1. The van der Waals surface area contributed by atoms with Gasteiger partial charge in [0.1, 0.15) is 5.75 Å². The molecule has 1 rings (SSSR count). The van der Waals surface area contributed by atoms with Gasteiger partial charge in [-0.3, -0.25) is 4.79 Å². The highest BCUT2D eigenvalue weighted by molar-refractivity contribution is 5.93. The molecule has 2 N–H and O–H groups in total. The third-order valence-corrected chi connectivity index (χ3v) is 4.75. The fraction of sp³-hybridized carbons (Fsp3) is 0.650. The van der Waals surface area contributed by atoms with Crippen molar-refractivity contribution in [1.82, 2.24) is 0 Å². The van der Waals surface area contributed by atoms with Gasteiger partial charge in [0.2, 0.25) is 5.91 Å². The topological polar surface area (TPSA) is 49.3 Å². The van der Waals surface area contributed by atoms with Gasteiger partial charge in [0.05, 0.1) is 0 Å². The van der Waals surface area contributed by atoms with Gasteiger partial charge in [0.25, 0.3) is 0 Å². The van der Waals surface area contributed by atoms with Gasteiger partial charge in [-0.15, -0.1) is 0 Å². The van der Waals surface area contributed by atoms with E-state index in [1.165, 1.54) is 32.1 Å². The molecular weight excluding hydrogens is 286 g/mol. The number of carbonyl (C=O) groups is 1. The van der Waals surface area contributed by atoms with E-state index in [1.807, 2.05) is 33.8 Å². The SMILES string of the molecule is CCCCCCCCC(C)C(=O)Nc1cc(C)c(O)c(C)c1C. The molecule has 3 heteroatoms. The minimum Gasteiger partial charge on any atom is -0.507 e. The standard InChI is InChI=1S/C20H33NO2/c1-6-7-8-9-10-11-12-14(2)20(23)21-18-13-15(3)19(22)17(5)16(18)4/h13-14,22H,6-12H2,1-5H3,(H,21,23). The van der Waals surface area contributed by atoms with Crippen LogP contribution in [-0.4, -0.2) is 11.0 Å². The van der Waals surface area contributed by atoms with Gasteiger partial charge >= 0.3 is 0 Å². The third kappa shape index (κ3) is 5.89. The van der Waals surface area contributed by atoms with E-state index in [2.05, 4.69) is 12.2 Å². The lowest BCUT2D eigenvalue weighted by molar-refractivity contribution is -0.119. The van der Waals surface area contributed by atoms with E-state index in [9.17, 15) is 9.90 Å². The molecule has 0 fully saturated rings. The summed E-state index contributed by atoms with van der Waals surface area (Å²) in [6, 6.07) is 1.85. The predicted octanol–water partition coefficient (Wildman–Crippen LogP) is 5.64. The summed E-state index contributed by atoms with van der Waals surface area (Å²) in [6.07, 6.45) is 8.44. The van der Waals surface area contributed by atoms with Crippen molar-refractivity contribution < 1.29 is 9.90 Å². The highest BCUT2D eigenvalue weighted by atomic mass is 16.3. The smallest absolute Gasteiger partial charge is 0.227 e. The van der Waals surface area contributed by atoms with Crippen LogP contribution in [0.5, 0.6) is 5.75 Å². The van der Waals surface area contributed by atoms with Gasteiger partial charge in [-0.2, -0.15) is 0 Å². The Bertz CT molecular complexity index is 523. The van der Waals surface area contributed by atoms with Crippen LogP contribution in [0, 0.1) is 26.7 Å². The van der Waals surface area contributed by atoms with Crippen molar-refractivity contribution in [3.63, 3.8) is 0 Å². The summed E-state index contributed by atoms with van der Waals surface area (Å²) in [5, 5.41) is 13.0. The van der Waals surface area contributed by atoms with Gasteiger partial charge in [-0.1, -0.05) is 52.4 Å². The molecule has 0 saturated heterocycles. The fourth-order valence-corrected chi connectivity index (χ4v) is 2.82. The van der Waals surface area contributed by atoms with E-state index in [1.54, 1.807) is 0 Å². The summed E-state index contributed by atoms with van der Waals surface area (Å²) in [4.78, 5) is 12.4. The zero-order valence-corrected chi connectivity index (χ0v) is 15.5. The van der Waals surface area contributed by atoms with Crippen LogP contribution >= 0.6 is 0 Å². The normalized spacial score (nSPS) is 12.2. The molecule has 1 atom stereocenters. The van der Waals surface area contributed by atoms with Crippen LogP contribution in [0.3, 0.4) is 0 Å². The molecule has 0 saturated carbocycles. The summed E-state index contributed by atoms with van der Waals surface area (Å²) in [5.74, 6) is 0.418. The van der Waals surface area contributed by atoms with Crippen molar-refractivity contribution >= 4 is 11.6 Å². The molecule has 0 aliphatic carbocycles. The van der Waals surface area contributed by atoms with Crippen LogP contribution in [0.25, 0.3) is 0 Å². The van der Waals surface area contributed by atoms with Crippen LogP contribution in [0.4, 0.5) is 5.69 Å². The molecule has 0 aliphatic rings. The van der Waals surface area contributed by atoms with Crippen molar-refractivity contribution in [3.05, 3.63) is 22.8 Å². The molecule has 0 spiro atoms. The minimum atomic E-state index is 0.0231. The zero-order chi connectivity index (χ0) is 17.4. The second-order valence-electron chi connectivity index (χ2n) is 6.79. The Balaban J connectivity index is 2.50. The monoisotopic (exact) mass is 319 g/mol. The lowest BCUT2D eigenvalue weighted by Crippen LogP contribution is -2.21. The van der Waals surface area contributed by atoms with E-state index >= 15 is 0 Å². The number of carbonyl (C=O) groups excluding carboxylic acids is 1. The molecule has 0 radical (unpaired) electrons. The Morgan fingerprint density at radius 3 is 2.35 bits per heavy atom. The Kier molecular flexibility index (Phi) is 8.15. The van der Waals surface area contributed by atoms with Gasteiger partial charge in [0, 0.05) is 11.6 Å². The molecule has 3 nitrogen and oxygen atoms in total. The minimum absolute atomic E-state index is 0.0231. The highest BCUT2D eigenvalue weighted by Gasteiger charge is 2.16. The number of benzene rings is 1. The summed E-state index contributed by atoms with van der Waals surface area (Å²) < 4.78 is 0. The van der Waals surface area contributed by atoms with Gasteiger partial charge < -0.3 is 10.4 Å². The molecular formula is C20H33NO2. The van der Waals surface area contributed by atoms with E-state index < -0.39 is 0 Å². The second kappa shape index (κ2) is 9.59. The lowest BCUT2D eigenvalue weighted by atomic mass is 9.99. The molecule has 0 heterocycles. The molecule has 23 heavy (non-hydrogen) atoms. The molecule has 130 valence electrons. The van der Waals surface area contributed by atoms with Crippen molar-refractivity contribution in [2.24, 2.45) is 5.92 Å². The number of phenols is 1. The van der Waals surface area contributed by atoms with Crippen molar-refractivity contribution in [1.29, 1.82) is 0 Å². The van der Waals surface area contributed by atoms with Crippen LogP contribution in [0.1, 0.15) is 75.5 Å². The Morgan fingerprint density at radius 2 is 1.70 bits per heavy atom. The quantitative estimate of drug-likeness (QED) is 0.457.